The lowest BCUT2D eigenvalue weighted by Crippen LogP contribution is -2.40. The Morgan fingerprint density at radius 2 is 2.03 bits per heavy atom. The molecule has 2 aromatic carbocycles. The number of hydrogen-bond donors (Lipinski definition) is 3. The third kappa shape index (κ3) is 5.25. The van der Waals surface area contributed by atoms with Crippen LogP contribution in [-0.2, 0) is 0 Å². The van der Waals surface area contributed by atoms with Crippen molar-refractivity contribution in [2.24, 2.45) is 0 Å². The van der Waals surface area contributed by atoms with E-state index in [0.717, 1.165) is 53.2 Å². The Morgan fingerprint density at radius 3 is 2.89 bits per heavy atom. The molecule has 3 N–H and O–H groups in total. The lowest BCUT2D eigenvalue weighted by molar-refractivity contribution is 0.0942. The standard InChI is InChI=1S/C28H30N6O/c1-2-34-17-7-9-22(34)19-30-28(35)24-10-3-4-11-25(24)31-21-12-14-23-26(32-33-27(23)18-21)15-13-20-8-5-6-16-29-20/h3-6,8,10-16,18,22,31H,2,7,9,17,19H2,1H3,(H,30,35)(H,32,33)/b15-13+/t22-/m1/s1. The number of likely N-dealkylation sites (N-methyl/N-ethyl adjacent to an activating group) is 1. The van der Waals surface area contributed by atoms with Crippen molar-refractivity contribution >= 4 is 40.3 Å². The lowest BCUT2D eigenvalue weighted by atomic mass is 10.1. The van der Waals surface area contributed by atoms with Crippen molar-refractivity contribution in [1.82, 2.24) is 25.4 Å². The summed E-state index contributed by atoms with van der Waals surface area (Å²) in [5, 5.41) is 15.1. The number of benzene rings is 2. The summed E-state index contributed by atoms with van der Waals surface area (Å²) in [6.07, 6.45) is 8.01. The van der Waals surface area contributed by atoms with Crippen molar-refractivity contribution < 1.29 is 4.79 Å². The van der Waals surface area contributed by atoms with E-state index in [-0.39, 0.29) is 5.91 Å². The molecule has 0 saturated carbocycles. The van der Waals surface area contributed by atoms with E-state index >= 15 is 0 Å². The summed E-state index contributed by atoms with van der Waals surface area (Å²) in [5.74, 6) is -0.0550. The van der Waals surface area contributed by atoms with Gasteiger partial charge in [0.05, 0.1) is 28.2 Å². The number of fused-ring (bicyclic) bond motifs is 1. The summed E-state index contributed by atoms with van der Waals surface area (Å²) in [6, 6.07) is 19.9. The fourth-order valence-electron chi connectivity index (χ4n) is 4.68. The molecule has 5 rings (SSSR count). The highest BCUT2D eigenvalue weighted by atomic mass is 16.1. The largest absolute Gasteiger partial charge is 0.355 e. The molecule has 3 heterocycles. The average Bonchev–Trinajstić information content (AvgIpc) is 3.53. The van der Waals surface area contributed by atoms with Gasteiger partial charge in [-0.15, -0.1) is 0 Å². The minimum absolute atomic E-state index is 0.0550. The maximum atomic E-state index is 13.0. The van der Waals surface area contributed by atoms with E-state index in [1.807, 2.05) is 72.8 Å². The number of para-hydroxylation sites is 1. The summed E-state index contributed by atoms with van der Waals surface area (Å²) >= 11 is 0. The zero-order valence-electron chi connectivity index (χ0n) is 19.9. The number of H-pyrrole nitrogens is 1. The molecule has 4 aromatic rings. The van der Waals surface area contributed by atoms with Gasteiger partial charge < -0.3 is 10.6 Å². The first kappa shape index (κ1) is 22.8. The minimum Gasteiger partial charge on any atom is -0.355 e. The molecule has 0 radical (unpaired) electrons. The molecule has 1 fully saturated rings. The van der Waals surface area contributed by atoms with Crippen molar-refractivity contribution in [2.75, 3.05) is 25.0 Å². The van der Waals surface area contributed by atoms with Gasteiger partial charge in [-0.05, 0) is 80.5 Å². The molecule has 35 heavy (non-hydrogen) atoms. The third-order valence-electron chi connectivity index (χ3n) is 6.55. The number of carbonyl (C=O) groups excluding carboxylic acids is 1. The van der Waals surface area contributed by atoms with Crippen LogP contribution in [-0.4, -0.2) is 51.7 Å². The first-order chi connectivity index (χ1) is 17.2. The Morgan fingerprint density at radius 1 is 1.14 bits per heavy atom. The van der Waals surface area contributed by atoms with Gasteiger partial charge in [-0.25, -0.2) is 0 Å². The Hall–Kier alpha value is -3.97. The number of rotatable bonds is 8. The smallest absolute Gasteiger partial charge is 0.253 e. The molecular formula is C28H30N6O. The van der Waals surface area contributed by atoms with Gasteiger partial charge in [-0.2, -0.15) is 5.10 Å². The number of pyridine rings is 1. The molecule has 0 aliphatic carbocycles. The fraction of sp³-hybridized carbons (Fsp3) is 0.250. The molecule has 1 saturated heterocycles. The Kier molecular flexibility index (Phi) is 6.86. The lowest BCUT2D eigenvalue weighted by Gasteiger charge is -2.23. The molecule has 0 bridgehead atoms. The van der Waals surface area contributed by atoms with E-state index in [1.165, 1.54) is 6.42 Å². The van der Waals surface area contributed by atoms with Crippen LogP contribution in [0.2, 0.25) is 0 Å². The SMILES string of the molecule is CCN1CCC[C@@H]1CNC(=O)c1ccccc1Nc1ccc2c(/C=C/c3ccccn3)n[nH]c2c1. The topological polar surface area (TPSA) is 85.9 Å². The van der Waals surface area contributed by atoms with Gasteiger partial charge in [0.25, 0.3) is 5.91 Å². The Labute approximate surface area is 205 Å². The van der Waals surface area contributed by atoms with Crippen LogP contribution in [0.3, 0.4) is 0 Å². The first-order valence-electron chi connectivity index (χ1n) is 12.2. The van der Waals surface area contributed by atoms with Gasteiger partial charge in [-0.3, -0.25) is 19.8 Å². The minimum atomic E-state index is -0.0550. The quantitative estimate of drug-likeness (QED) is 0.337. The van der Waals surface area contributed by atoms with Crippen LogP contribution in [0.25, 0.3) is 23.1 Å². The van der Waals surface area contributed by atoms with Gasteiger partial charge in [0.2, 0.25) is 0 Å². The Bertz CT molecular complexity index is 1330. The second-order valence-corrected chi connectivity index (χ2v) is 8.76. The van der Waals surface area contributed by atoms with E-state index < -0.39 is 0 Å². The van der Waals surface area contributed by atoms with Gasteiger partial charge in [0.1, 0.15) is 0 Å². The van der Waals surface area contributed by atoms with Crippen LogP contribution < -0.4 is 10.6 Å². The van der Waals surface area contributed by atoms with Gasteiger partial charge in [0.15, 0.2) is 0 Å². The van der Waals surface area contributed by atoms with Crippen LogP contribution in [0.4, 0.5) is 11.4 Å². The molecular weight excluding hydrogens is 436 g/mol. The Balaban J connectivity index is 1.29. The first-order valence-corrected chi connectivity index (χ1v) is 12.2. The molecule has 178 valence electrons. The van der Waals surface area contributed by atoms with E-state index in [1.54, 1.807) is 6.20 Å². The molecule has 1 atom stereocenters. The highest BCUT2D eigenvalue weighted by Crippen LogP contribution is 2.26. The molecule has 1 aliphatic heterocycles. The normalized spacial score (nSPS) is 16.2. The molecule has 2 aromatic heterocycles. The van der Waals surface area contributed by atoms with Gasteiger partial charge in [0, 0.05) is 29.9 Å². The number of aromatic nitrogens is 3. The number of nitrogens with one attached hydrogen (secondary N) is 3. The van der Waals surface area contributed by atoms with Crippen molar-refractivity contribution in [1.29, 1.82) is 0 Å². The zero-order valence-corrected chi connectivity index (χ0v) is 19.9. The maximum Gasteiger partial charge on any atom is 0.253 e. The summed E-state index contributed by atoms with van der Waals surface area (Å²) in [7, 11) is 0. The number of amides is 1. The van der Waals surface area contributed by atoms with Crippen LogP contribution in [0.5, 0.6) is 0 Å². The van der Waals surface area contributed by atoms with E-state index in [4.69, 9.17) is 0 Å². The monoisotopic (exact) mass is 466 g/mol. The van der Waals surface area contributed by atoms with E-state index in [9.17, 15) is 4.79 Å². The van der Waals surface area contributed by atoms with Crippen molar-refractivity contribution in [3.05, 3.63) is 83.8 Å². The van der Waals surface area contributed by atoms with Gasteiger partial charge in [-0.1, -0.05) is 25.1 Å². The van der Waals surface area contributed by atoms with Crippen molar-refractivity contribution in [3.8, 4) is 0 Å². The summed E-state index contributed by atoms with van der Waals surface area (Å²) in [6.45, 7) is 4.99. The zero-order chi connectivity index (χ0) is 24.0. The molecule has 7 heteroatoms. The van der Waals surface area contributed by atoms with Crippen molar-refractivity contribution in [2.45, 2.75) is 25.8 Å². The number of anilines is 2. The maximum absolute atomic E-state index is 13.0. The van der Waals surface area contributed by atoms with Crippen molar-refractivity contribution in [3.63, 3.8) is 0 Å². The molecule has 0 spiro atoms. The molecule has 0 unspecified atom stereocenters. The number of carbonyl (C=O) groups is 1. The van der Waals surface area contributed by atoms with E-state index in [0.29, 0.717) is 18.2 Å². The molecule has 1 amide bonds. The predicted molar refractivity (Wildman–Crippen MR) is 142 cm³/mol. The average molecular weight is 467 g/mol. The van der Waals surface area contributed by atoms with Gasteiger partial charge >= 0.3 is 0 Å². The molecule has 7 nitrogen and oxygen atoms in total. The van der Waals surface area contributed by atoms with Crippen LogP contribution >= 0.6 is 0 Å². The number of likely N-dealkylation sites (tertiary alicyclic amines) is 1. The number of nitrogens with zero attached hydrogens (tertiary/aromatic N) is 3. The van der Waals surface area contributed by atoms with Crippen LogP contribution in [0.1, 0.15) is 41.5 Å². The highest BCUT2D eigenvalue weighted by Gasteiger charge is 2.23. The number of hydrogen-bond acceptors (Lipinski definition) is 5. The highest BCUT2D eigenvalue weighted by molar-refractivity contribution is 6.00. The summed E-state index contributed by atoms with van der Waals surface area (Å²) < 4.78 is 0. The van der Waals surface area contributed by atoms with E-state index in [2.05, 4.69) is 37.6 Å². The molecule has 1 aliphatic rings. The number of aromatic amines is 1. The third-order valence-corrected chi connectivity index (χ3v) is 6.55. The second kappa shape index (κ2) is 10.5. The fourth-order valence-corrected chi connectivity index (χ4v) is 4.68. The van der Waals surface area contributed by atoms with Crippen LogP contribution in [0, 0.1) is 0 Å². The second-order valence-electron chi connectivity index (χ2n) is 8.76. The van der Waals surface area contributed by atoms with Crippen LogP contribution in [0.15, 0.2) is 66.9 Å². The predicted octanol–water partition coefficient (Wildman–Crippen LogP) is 5.09. The summed E-state index contributed by atoms with van der Waals surface area (Å²) in [4.78, 5) is 19.8. The summed E-state index contributed by atoms with van der Waals surface area (Å²) in [5.41, 5.74) is 4.94.